The average Bonchev–Trinajstić information content (AvgIpc) is 2.77. The Balaban J connectivity index is 2.32. The highest BCUT2D eigenvalue weighted by atomic mass is 16.5. The van der Waals surface area contributed by atoms with E-state index in [1.807, 2.05) is 0 Å². The van der Waals surface area contributed by atoms with Gasteiger partial charge in [-0.1, -0.05) is 6.92 Å². The minimum atomic E-state index is -0.871. The number of carbonyl (C=O) groups excluding carboxylic acids is 1. The van der Waals surface area contributed by atoms with E-state index in [1.165, 1.54) is 0 Å². The molecule has 1 aliphatic rings. The van der Waals surface area contributed by atoms with Crippen LogP contribution in [0, 0.1) is 5.92 Å². The number of urea groups is 1. The SMILES string of the molecule is CCC(CNC(=O)N1CCC(OC)C1)C(=O)O. The van der Waals surface area contributed by atoms with Crippen LogP contribution in [0.4, 0.5) is 4.79 Å². The van der Waals surface area contributed by atoms with Crippen molar-refractivity contribution in [1.29, 1.82) is 0 Å². The Morgan fingerprint density at radius 1 is 1.59 bits per heavy atom. The standard InChI is InChI=1S/C11H20N2O4/c1-3-8(10(14)15)6-12-11(16)13-5-4-9(7-13)17-2/h8-9H,3-7H2,1-2H3,(H,12,16)(H,14,15). The van der Waals surface area contributed by atoms with E-state index in [4.69, 9.17) is 9.84 Å². The lowest BCUT2D eigenvalue weighted by molar-refractivity contribution is -0.141. The number of aliphatic carboxylic acids is 1. The second-order valence-electron chi connectivity index (χ2n) is 4.22. The Hall–Kier alpha value is -1.30. The molecule has 0 bridgehead atoms. The third-order valence-electron chi connectivity index (χ3n) is 3.11. The van der Waals surface area contributed by atoms with E-state index in [0.717, 1.165) is 6.42 Å². The van der Waals surface area contributed by atoms with Gasteiger partial charge in [0.15, 0.2) is 0 Å². The summed E-state index contributed by atoms with van der Waals surface area (Å²) in [5, 5.41) is 11.5. The Morgan fingerprint density at radius 3 is 2.76 bits per heavy atom. The van der Waals surface area contributed by atoms with E-state index < -0.39 is 11.9 Å². The minimum absolute atomic E-state index is 0.0993. The highest BCUT2D eigenvalue weighted by Crippen LogP contribution is 2.11. The van der Waals surface area contributed by atoms with Gasteiger partial charge in [-0.15, -0.1) is 0 Å². The molecular weight excluding hydrogens is 224 g/mol. The number of likely N-dealkylation sites (tertiary alicyclic amines) is 1. The highest BCUT2D eigenvalue weighted by Gasteiger charge is 2.26. The summed E-state index contributed by atoms with van der Waals surface area (Å²) in [4.78, 5) is 24.1. The normalized spacial score (nSPS) is 21.3. The predicted molar refractivity (Wildman–Crippen MR) is 61.8 cm³/mol. The van der Waals surface area contributed by atoms with Crippen LogP contribution in [-0.4, -0.2) is 54.9 Å². The van der Waals surface area contributed by atoms with Crippen molar-refractivity contribution in [2.45, 2.75) is 25.9 Å². The number of amides is 2. The van der Waals surface area contributed by atoms with Gasteiger partial charge >= 0.3 is 12.0 Å². The maximum atomic E-state index is 11.7. The number of nitrogens with one attached hydrogen (secondary N) is 1. The number of methoxy groups -OCH3 is 1. The van der Waals surface area contributed by atoms with Gasteiger partial charge in [-0.25, -0.2) is 4.79 Å². The summed E-state index contributed by atoms with van der Waals surface area (Å²) in [5.41, 5.74) is 0. The van der Waals surface area contributed by atoms with Crippen molar-refractivity contribution in [1.82, 2.24) is 10.2 Å². The zero-order valence-corrected chi connectivity index (χ0v) is 10.3. The van der Waals surface area contributed by atoms with Crippen LogP contribution in [0.25, 0.3) is 0 Å². The Kier molecular flexibility index (Phi) is 5.21. The van der Waals surface area contributed by atoms with Crippen molar-refractivity contribution in [2.75, 3.05) is 26.7 Å². The topological polar surface area (TPSA) is 78.9 Å². The summed E-state index contributed by atoms with van der Waals surface area (Å²) in [5.74, 6) is -1.39. The van der Waals surface area contributed by atoms with Gasteiger partial charge in [-0.05, 0) is 12.8 Å². The number of carbonyl (C=O) groups is 2. The van der Waals surface area contributed by atoms with Crippen molar-refractivity contribution in [3.63, 3.8) is 0 Å². The van der Waals surface area contributed by atoms with Gasteiger partial charge in [0.25, 0.3) is 0 Å². The number of carboxylic acids is 1. The second-order valence-corrected chi connectivity index (χ2v) is 4.22. The zero-order chi connectivity index (χ0) is 12.8. The molecule has 0 saturated carbocycles. The van der Waals surface area contributed by atoms with E-state index >= 15 is 0 Å². The molecule has 1 aliphatic heterocycles. The van der Waals surface area contributed by atoms with Gasteiger partial charge in [0, 0.05) is 26.7 Å². The summed E-state index contributed by atoms with van der Waals surface area (Å²) < 4.78 is 5.16. The largest absolute Gasteiger partial charge is 0.481 e. The van der Waals surface area contributed by atoms with Crippen LogP contribution in [0.15, 0.2) is 0 Å². The first-order valence-corrected chi connectivity index (χ1v) is 5.86. The first-order valence-electron chi connectivity index (χ1n) is 5.86. The molecule has 1 rings (SSSR count). The zero-order valence-electron chi connectivity index (χ0n) is 10.3. The van der Waals surface area contributed by atoms with Gasteiger partial charge in [0.2, 0.25) is 0 Å². The van der Waals surface area contributed by atoms with Gasteiger partial charge < -0.3 is 20.1 Å². The van der Waals surface area contributed by atoms with E-state index in [1.54, 1.807) is 18.9 Å². The maximum Gasteiger partial charge on any atom is 0.317 e. The van der Waals surface area contributed by atoms with Crippen LogP contribution in [0.3, 0.4) is 0 Å². The van der Waals surface area contributed by atoms with Crippen LogP contribution in [-0.2, 0) is 9.53 Å². The molecule has 0 aliphatic carbocycles. The smallest absolute Gasteiger partial charge is 0.317 e. The van der Waals surface area contributed by atoms with Crippen LogP contribution in [0.1, 0.15) is 19.8 Å². The summed E-state index contributed by atoms with van der Waals surface area (Å²) >= 11 is 0. The van der Waals surface area contributed by atoms with Crippen molar-refractivity contribution >= 4 is 12.0 Å². The Morgan fingerprint density at radius 2 is 2.29 bits per heavy atom. The maximum absolute atomic E-state index is 11.7. The number of nitrogens with zero attached hydrogens (tertiary/aromatic N) is 1. The van der Waals surface area contributed by atoms with E-state index in [2.05, 4.69) is 5.32 Å². The lowest BCUT2D eigenvalue weighted by Gasteiger charge is -2.18. The minimum Gasteiger partial charge on any atom is -0.481 e. The Bertz CT molecular complexity index is 283. The van der Waals surface area contributed by atoms with E-state index in [9.17, 15) is 9.59 Å². The molecule has 0 radical (unpaired) electrons. The number of carboxylic acid groups (broad SMARTS) is 1. The lowest BCUT2D eigenvalue weighted by atomic mass is 10.1. The second kappa shape index (κ2) is 6.44. The average molecular weight is 244 g/mol. The molecule has 2 amide bonds. The highest BCUT2D eigenvalue weighted by molar-refractivity contribution is 5.76. The molecule has 1 fully saturated rings. The van der Waals surface area contributed by atoms with E-state index in [-0.39, 0.29) is 18.7 Å². The van der Waals surface area contributed by atoms with Crippen molar-refractivity contribution in [3.8, 4) is 0 Å². The number of hydrogen-bond donors (Lipinski definition) is 2. The number of rotatable bonds is 5. The van der Waals surface area contributed by atoms with Crippen LogP contribution in [0.5, 0.6) is 0 Å². The van der Waals surface area contributed by atoms with Crippen LogP contribution >= 0.6 is 0 Å². The van der Waals surface area contributed by atoms with E-state index in [0.29, 0.717) is 19.5 Å². The molecule has 98 valence electrons. The third-order valence-corrected chi connectivity index (χ3v) is 3.11. The molecule has 6 heteroatoms. The lowest BCUT2D eigenvalue weighted by Crippen LogP contribution is -2.42. The molecule has 0 aromatic carbocycles. The van der Waals surface area contributed by atoms with Gasteiger partial charge in [-0.3, -0.25) is 4.79 Å². The van der Waals surface area contributed by atoms with Crippen molar-refractivity contribution < 1.29 is 19.4 Å². The third kappa shape index (κ3) is 3.89. The monoisotopic (exact) mass is 244 g/mol. The summed E-state index contributed by atoms with van der Waals surface area (Å²) in [7, 11) is 1.63. The molecule has 2 atom stereocenters. The van der Waals surface area contributed by atoms with Crippen LogP contribution < -0.4 is 5.32 Å². The van der Waals surface area contributed by atoms with Crippen molar-refractivity contribution in [3.05, 3.63) is 0 Å². The summed E-state index contributed by atoms with van der Waals surface area (Å²) in [6.07, 6.45) is 1.44. The molecule has 1 saturated heterocycles. The number of ether oxygens (including phenoxy) is 1. The Labute approximate surface area is 101 Å². The quantitative estimate of drug-likeness (QED) is 0.739. The van der Waals surface area contributed by atoms with Crippen LogP contribution in [0.2, 0.25) is 0 Å². The molecule has 6 nitrogen and oxygen atoms in total. The molecule has 1 heterocycles. The van der Waals surface area contributed by atoms with Gasteiger partial charge in [-0.2, -0.15) is 0 Å². The molecule has 2 N–H and O–H groups in total. The molecule has 0 aromatic heterocycles. The van der Waals surface area contributed by atoms with Gasteiger partial charge in [0.1, 0.15) is 0 Å². The molecule has 17 heavy (non-hydrogen) atoms. The summed E-state index contributed by atoms with van der Waals surface area (Å²) in [6, 6.07) is -0.204. The first kappa shape index (κ1) is 13.8. The molecular formula is C11H20N2O4. The van der Waals surface area contributed by atoms with Gasteiger partial charge in [0.05, 0.1) is 12.0 Å². The fraction of sp³-hybridized carbons (Fsp3) is 0.818. The molecule has 0 aromatic rings. The number of hydrogen-bond acceptors (Lipinski definition) is 3. The first-order chi connectivity index (χ1) is 8.08. The molecule has 0 spiro atoms. The molecule has 2 unspecified atom stereocenters. The summed E-state index contributed by atoms with van der Waals surface area (Å²) in [6.45, 7) is 3.21. The fourth-order valence-corrected chi connectivity index (χ4v) is 1.83. The fourth-order valence-electron chi connectivity index (χ4n) is 1.83. The van der Waals surface area contributed by atoms with Crippen molar-refractivity contribution in [2.24, 2.45) is 5.92 Å². The predicted octanol–water partition coefficient (Wildman–Crippen LogP) is 0.527.